The first-order chi connectivity index (χ1) is 10.1. The summed E-state index contributed by atoms with van der Waals surface area (Å²) in [6, 6.07) is 9.47. The Balaban J connectivity index is 2.02. The first-order valence-corrected chi connectivity index (χ1v) is 7.42. The van der Waals surface area contributed by atoms with Gasteiger partial charge >= 0.3 is 0 Å². The molecule has 4 nitrogen and oxygen atoms in total. The van der Waals surface area contributed by atoms with Crippen molar-refractivity contribution in [1.82, 2.24) is 14.8 Å². The Labute approximate surface area is 130 Å². The Morgan fingerprint density at radius 1 is 1.29 bits per heavy atom. The molecule has 5 heteroatoms. The maximum Gasteiger partial charge on any atom is 0.169 e. The van der Waals surface area contributed by atoms with Crippen LogP contribution in [-0.2, 0) is 13.5 Å². The van der Waals surface area contributed by atoms with Crippen molar-refractivity contribution in [3.05, 3.63) is 58.0 Å². The molecule has 0 aliphatic heterocycles. The lowest BCUT2D eigenvalue weighted by molar-refractivity contribution is 0.0992. The number of fused-ring (bicyclic) bond motifs is 1. The number of hydrogen-bond donors (Lipinski definition) is 0. The summed E-state index contributed by atoms with van der Waals surface area (Å²) in [5, 5.41) is 5.21. The number of aryl methyl sites for hydroxylation is 2. The highest BCUT2D eigenvalue weighted by Gasteiger charge is 2.17. The molecule has 0 amide bonds. The minimum absolute atomic E-state index is 0.0669. The summed E-state index contributed by atoms with van der Waals surface area (Å²) in [6.45, 7) is 1.92. The summed E-state index contributed by atoms with van der Waals surface area (Å²) in [6.07, 6.45) is 1.99. The fraction of sp³-hybridized carbons (Fsp3) is 0.188. The van der Waals surface area contributed by atoms with Crippen LogP contribution in [0, 0.1) is 6.92 Å². The fourth-order valence-electron chi connectivity index (χ4n) is 2.46. The van der Waals surface area contributed by atoms with Crippen molar-refractivity contribution in [2.24, 2.45) is 7.05 Å². The quantitative estimate of drug-likeness (QED) is 0.684. The second kappa shape index (κ2) is 5.41. The summed E-state index contributed by atoms with van der Waals surface area (Å²) in [5.41, 5.74) is 3.31. The molecule has 0 aliphatic rings. The molecule has 1 aromatic carbocycles. The summed E-state index contributed by atoms with van der Waals surface area (Å²) < 4.78 is 2.65. The molecule has 0 N–H and O–H groups in total. The number of Topliss-reactive ketones (excluding diaryl/α,β-unsaturated/α-hetero) is 1. The van der Waals surface area contributed by atoms with Gasteiger partial charge in [-0.2, -0.15) is 5.10 Å². The van der Waals surface area contributed by atoms with Crippen LogP contribution < -0.4 is 0 Å². The molecule has 0 radical (unpaired) electrons. The highest BCUT2D eigenvalue weighted by molar-refractivity contribution is 9.10. The van der Waals surface area contributed by atoms with E-state index >= 15 is 0 Å². The van der Waals surface area contributed by atoms with Crippen LogP contribution in [0.1, 0.15) is 21.7 Å². The van der Waals surface area contributed by atoms with E-state index in [-0.39, 0.29) is 5.78 Å². The van der Waals surface area contributed by atoms with Crippen molar-refractivity contribution in [3.8, 4) is 0 Å². The highest BCUT2D eigenvalue weighted by atomic mass is 79.9. The lowest BCUT2D eigenvalue weighted by Gasteiger charge is -2.06. The Morgan fingerprint density at radius 3 is 2.76 bits per heavy atom. The molecule has 0 spiro atoms. The van der Waals surface area contributed by atoms with Crippen LogP contribution in [-0.4, -0.2) is 20.5 Å². The molecule has 2 heterocycles. The largest absolute Gasteiger partial charge is 0.294 e. The molecule has 3 aromatic rings. The van der Waals surface area contributed by atoms with E-state index in [0.717, 1.165) is 26.8 Å². The third kappa shape index (κ3) is 2.49. The van der Waals surface area contributed by atoms with Gasteiger partial charge in [-0.25, -0.2) is 0 Å². The van der Waals surface area contributed by atoms with Crippen molar-refractivity contribution in [1.29, 1.82) is 0 Å². The van der Waals surface area contributed by atoms with E-state index in [0.29, 0.717) is 12.0 Å². The van der Waals surface area contributed by atoms with Crippen LogP contribution in [0.15, 0.2) is 41.0 Å². The van der Waals surface area contributed by atoms with Gasteiger partial charge in [-0.3, -0.25) is 14.5 Å². The van der Waals surface area contributed by atoms with Crippen LogP contribution in [0.2, 0.25) is 0 Å². The first kappa shape index (κ1) is 13.9. The lowest BCUT2D eigenvalue weighted by atomic mass is 10.0. The molecule has 3 rings (SSSR count). The Bertz CT molecular complexity index is 833. The number of rotatable bonds is 3. The van der Waals surface area contributed by atoms with Gasteiger partial charge in [0.2, 0.25) is 0 Å². The van der Waals surface area contributed by atoms with Gasteiger partial charge in [-0.15, -0.1) is 0 Å². The molecule has 2 aromatic heterocycles. The van der Waals surface area contributed by atoms with E-state index in [1.165, 1.54) is 0 Å². The number of benzene rings is 1. The van der Waals surface area contributed by atoms with Gasteiger partial charge in [0.1, 0.15) is 0 Å². The lowest BCUT2D eigenvalue weighted by Crippen LogP contribution is -2.09. The summed E-state index contributed by atoms with van der Waals surface area (Å²) in [5.74, 6) is 0.0669. The van der Waals surface area contributed by atoms with Crippen LogP contribution in [0.25, 0.3) is 10.9 Å². The second-order valence-corrected chi connectivity index (χ2v) is 5.74. The number of hydrogen-bond acceptors (Lipinski definition) is 3. The minimum atomic E-state index is 0.0669. The third-order valence-corrected chi connectivity index (χ3v) is 4.57. The number of nitrogens with zero attached hydrogens (tertiary/aromatic N) is 3. The molecule has 0 saturated heterocycles. The first-order valence-electron chi connectivity index (χ1n) is 6.63. The average Bonchev–Trinajstić information content (AvgIpc) is 2.73. The van der Waals surface area contributed by atoms with Crippen LogP contribution in [0.3, 0.4) is 0 Å². The zero-order valence-electron chi connectivity index (χ0n) is 11.8. The smallest absolute Gasteiger partial charge is 0.169 e. The number of halogens is 1. The molecule has 0 bridgehead atoms. The van der Waals surface area contributed by atoms with Crippen molar-refractivity contribution < 1.29 is 4.79 Å². The SMILES string of the molecule is Cc1nn(C)c(CC(=O)c2ccnc3ccccc23)c1Br. The third-order valence-electron chi connectivity index (χ3n) is 3.54. The predicted molar refractivity (Wildman–Crippen MR) is 85.4 cm³/mol. The van der Waals surface area contributed by atoms with Crippen LogP contribution in [0.4, 0.5) is 0 Å². The number of carbonyl (C=O) groups is 1. The summed E-state index contributed by atoms with van der Waals surface area (Å²) in [4.78, 5) is 16.9. The number of aromatic nitrogens is 3. The molecule has 21 heavy (non-hydrogen) atoms. The van der Waals surface area contributed by atoms with Crippen molar-refractivity contribution in [2.75, 3.05) is 0 Å². The van der Waals surface area contributed by atoms with E-state index in [4.69, 9.17) is 0 Å². The molecular formula is C16H14BrN3O. The van der Waals surface area contributed by atoms with Gasteiger partial charge < -0.3 is 0 Å². The van der Waals surface area contributed by atoms with E-state index < -0.39 is 0 Å². The van der Waals surface area contributed by atoms with Gasteiger partial charge in [0.05, 0.1) is 27.8 Å². The van der Waals surface area contributed by atoms with E-state index in [1.54, 1.807) is 16.9 Å². The Kier molecular flexibility index (Phi) is 3.59. The van der Waals surface area contributed by atoms with E-state index in [9.17, 15) is 4.79 Å². The van der Waals surface area contributed by atoms with Gasteiger partial charge in [0.15, 0.2) is 5.78 Å². The maximum absolute atomic E-state index is 12.7. The van der Waals surface area contributed by atoms with Gasteiger partial charge in [0.25, 0.3) is 0 Å². The summed E-state index contributed by atoms with van der Waals surface area (Å²) in [7, 11) is 1.85. The average molecular weight is 344 g/mol. The highest BCUT2D eigenvalue weighted by Crippen LogP contribution is 2.23. The van der Waals surface area contributed by atoms with Crippen molar-refractivity contribution >= 4 is 32.6 Å². The van der Waals surface area contributed by atoms with Crippen LogP contribution >= 0.6 is 15.9 Å². The Hall–Kier alpha value is -2.01. The maximum atomic E-state index is 12.7. The van der Waals surface area contributed by atoms with Gasteiger partial charge in [0, 0.05) is 24.2 Å². The van der Waals surface area contributed by atoms with Gasteiger partial charge in [-0.1, -0.05) is 18.2 Å². The van der Waals surface area contributed by atoms with Gasteiger partial charge in [-0.05, 0) is 35.0 Å². The number of para-hydroxylation sites is 1. The van der Waals surface area contributed by atoms with E-state index in [2.05, 4.69) is 26.0 Å². The zero-order chi connectivity index (χ0) is 15.0. The van der Waals surface area contributed by atoms with Crippen molar-refractivity contribution in [3.63, 3.8) is 0 Å². The molecule has 0 saturated carbocycles. The number of ketones is 1. The number of pyridine rings is 1. The monoisotopic (exact) mass is 343 g/mol. The van der Waals surface area contributed by atoms with Crippen molar-refractivity contribution in [2.45, 2.75) is 13.3 Å². The molecule has 0 fully saturated rings. The predicted octanol–water partition coefficient (Wildman–Crippen LogP) is 3.46. The second-order valence-electron chi connectivity index (χ2n) is 4.95. The fourth-order valence-corrected chi connectivity index (χ4v) is 2.93. The topological polar surface area (TPSA) is 47.8 Å². The summed E-state index contributed by atoms with van der Waals surface area (Å²) >= 11 is 3.50. The van der Waals surface area contributed by atoms with E-state index in [1.807, 2.05) is 38.2 Å². The Morgan fingerprint density at radius 2 is 2.05 bits per heavy atom. The number of carbonyl (C=O) groups excluding carboxylic acids is 1. The standard InChI is InChI=1S/C16H14BrN3O/c1-10-16(17)14(20(2)19-10)9-15(21)12-7-8-18-13-6-4-3-5-11(12)13/h3-8H,9H2,1-2H3. The molecule has 0 unspecified atom stereocenters. The van der Waals surface area contributed by atoms with Crippen LogP contribution in [0.5, 0.6) is 0 Å². The molecular weight excluding hydrogens is 330 g/mol. The normalized spacial score (nSPS) is 11.0. The minimum Gasteiger partial charge on any atom is -0.294 e. The zero-order valence-corrected chi connectivity index (χ0v) is 13.4. The molecule has 0 aliphatic carbocycles. The molecule has 0 atom stereocenters. The molecule has 106 valence electrons.